The molecule has 0 aliphatic carbocycles. The van der Waals surface area contributed by atoms with Crippen LogP contribution in [0.5, 0.6) is 0 Å². The Labute approximate surface area is 149 Å². The Bertz CT molecular complexity index is 845. The smallest absolute Gasteiger partial charge is 0.136 e. The van der Waals surface area contributed by atoms with Crippen molar-refractivity contribution in [1.29, 1.82) is 0 Å². The van der Waals surface area contributed by atoms with Crippen molar-refractivity contribution in [2.75, 3.05) is 19.6 Å². The normalized spacial score (nSPS) is 17.8. The van der Waals surface area contributed by atoms with Crippen LogP contribution in [0.25, 0.3) is 5.65 Å². The van der Waals surface area contributed by atoms with Crippen LogP contribution in [-0.4, -0.2) is 33.9 Å². The zero-order chi connectivity index (χ0) is 17.3. The molecule has 2 N–H and O–H groups in total. The zero-order valence-electron chi connectivity index (χ0n) is 14.9. The molecule has 2 aromatic heterocycles. The minimum Gasteiger partial charge on any atom is -0.330 e. The van der Waals surface area contributed by atoms with Crippen LogP contribution in [0.1, 0.15) is 29.7 Å². The van der Waals surface area contributed by atoms with Gasteiger partial charge in [-0.15, -0.1) is 0 Å². The van der Waals surface area contributed by atoms with Crippen LogP contribution in [0.4, 0.5) is 0 Å². The van der Waals surface area contributed by atoms with Crippen LogP contribution in [0.3, 0.4) is 0 Å². The third-order valence-electron chi connectivity index (χ3n) is 5.71. The van der Waals surface area contributed by atoms with Crippen LogP contribution < -0.4 is 5.73 Å². The molecule has 1 aliphatic heterocycles. The number of fused-ring (bicyclic) bond motifs is 1. The number of piperidine rings is 1. The molecule has 1 fully saturated rings. The molecule has 0 radical (unpaired) electrons. The zero-order valence-corrected chi connectivity index (χ0v) is 14.9. The standard InChI is InChI=1S/C21H26N4/c1-17-7-8-20-23-13-19(25(20)14-17)15-24-11-9-21(16-22,10-12-24)18-5-3-2-4-6-18/h2-8,13-14H,9-12,15-16,22H2,1H3. The van der Waals surface area contributed by atoms with Gasteiger partial charge in [0.05, 0.1) is 11.9 Å². The minimum atomic E-state index is 0.133. The molecule has 3 aromatic rings. The van der Waals surface area contributed by atoms with Crippen molar-refractivity contribution in [1.82, 2.24) is 14.3 Å². The first-order valence-electron chi connectivity index (χ1n) is 9.11. The molecular weight excluding hydrogens is 308 g/mol. The van der Waals surface area contributed by atoms with E-state index in [-0.39, 0.29) is 5.41 Å². The van der Waals surface area contributed by atoms with Crippen LogP contribution in [0, 0.1) is 6.92 Å². The van der Waals surface area contributed by atoms with Gasteiger partial charge in [0.2, 0.25) is 0 Å². The maximum absolute atomic E-state index is 6.21. The van der Waals surface area contributed by atoms with E-state index in [1.54, 1.807) is 0 Å². The third kappa shape index (κ3) is 3.08. The summed E-state index contributed by atoms with van der Waals surface area (Å²) in [6.45, 7) is 5.94. The highest BCUT2D eigenvalue weighted by molar-refractivity contribution is 5.41. The summed E-state index contributed by atoms with van der Waals surface area (Å²) in [6.07, 6.45) is 6.42. The van der Waals surface area contributed by atoms with Gasteiger partial charge in [0.15, 0.2) is 0 Å². The molecule has 4 nitrogen and oxygen atoms in total. The van der Waals surface area contributed by atoms with Crippen molar-refractivity contribution < 1.29 is 0 Å². The molecule has 0 unspecified atom stereocenters. The van der Waals surface area contributed by atoms with E-state index in [1.165, 1.54) is 16.8 Å². The number of hydrogen-bond acceptors (Lipinski definition) is 3. The molecule has 0 atom stereocenters. The number of nitrogens with two attached hydrogens (primary N) is 1. The lowest BCUT2D eigenvalue weighted by atomic mass is 9.73. The predicted molar refractivity (Wildman–Crippen MR) is 102 cm³/mol. The molecule has 1 aromatic carbocycles. The van der Waals surface area contributed by atoms with E-state index in [4.69, 9.17) is 5.73 Å². The third-order valence-corrected chi connectivity index (χ3v) is 5.71. The molecule has 130 valence electrons. The molecule has 0 saturated carbocycles. The number of aromatic nitrogens is 2. The minimum absolute atomic E-state index is 0.133. The fourth-order valence-corrected chi connectivity index (χ4v) is 4.02. The number of nitrogens with zero attached hydrogens (tertiary/aromatic N) is 3. The Morgan fingerprint density at radius 3 is 2.56 bits per heavy atom. The van der Waals surface area contributed by atoms with Crippen LogP contribution in [0.15, 0.2) is 54.9 Å². The first-order chi connectivity index (χ1) is 12.2. The Balaban J connectivity index is 1.49. The molecule has 25 heavy (non-hydrogen) atoms. The van der Waals surface area contributed by atoms with Crippen molar-refractivity contribution in [3.63, 3.8) is 0 Å². The summed E-state index contributed by atoms with van der Waals surface area (Å²) in [5, 5.41) is 0. The van der Waals surface area contributed by atoms with Gasteiger partial charge in [0, 0.05) is 24.7 Å². The van der Waals surface area contributed by atoms with E-state index in [2.05, 4.69) is 69.9 Å². The lowest BCUT2D eigenvalue weighted by Crippen LogP contribution is -2.46. The van der Waals surface area contributed by atoms with Crippen molar-refractivity contribution in [2.45, 2.75) is 31.7 Å². The molecule has 0 amide bonds. The number of rotatable bonds is 4. The molecular formula is C21H26N4. The number of hydrogen-bond donors (Lipinski definition) is 1. The van der Waals surface area contributed by atoms with Gasteiger partial charge in [-0.25, -0.2) is 4.98 Å². The Morgan fingerprint density at radius 2 is 1.84 bits per heavy atom. The van der Waals surface area contributed by atoms with Crippen LogP contribution in [0.2, 0.25) is 0 Å². The van der Waals surface area contributed by atoms with Gasteiger partial charge in [0.25, 0.3) is 0 Å². The summed E-state index contributed by atoms with van der Waals surface area (Å²) in [7, 11) is 0. The van der Waals surface area contributed by atoms with Gasteiger partial charge < -0.3 is 10.1 Å². The second kappa shape index (κ2) is 6.62. The summed E-state index contributed by atoms with van der Waals surface area (Å²) in [6, 6.07) is 15.0. The highest BCUT2D eigenvalue weighted by Gasteiger charge is 2.34. The highest BCUT2D eigenvalue weighted by atomic mass is 15.2. The number of benzene rings is 1. The number of likely N-dealkylation sites (tertiary alicyclic amines) is 1. The van der Waals surface area contributed by atoms with E-state index in [1.807, 2.05) is 6.20 Å². The first kappa shape index (κ1) is 16.3. The van der Waals surface area contributed by atoms with Gasteiger partial charge >= 0.3 is 0 Å². The van der Waals surface area contributed by atoms with Gasteiger partial charge in [-0.3, -0.25) is 4.90 Å². The second-order valence-electron chi connectivity index (χ2n) is 7.31. The lowest BCUT2D eigenvalue weighted by molar-refractivity contribution is 0.154. The summed E-state index contributed by atoms with van der Waals surface area (Å²) in [5.74, 6) is 0. The summed E-state index contributed by atoms with van der Waals surface area (Å²) < 4.78 is 2.22. The molecule has 0 bridgehead atoms. The largest absolute Gasteiger partial charge is 0.330 e. The number of aryl methyl sites for hydroxylation is 1. The Kier molecular flexibility index (Phi) is 4.32. The second-order valence-corrected chi connectivity index (χ2v) is 7.31. The monoisotopic (exact) mass is 334 g/mol. The first-order valence-corrected chi connectivity index (χ1v) is 9.11. The molecule has 1 aliphatic rings. The van der Waals surface area contributed by atoms with Crippen molar-refractivity contribution in [2.24, 2.45) is 5.73 Å². The Morgan fingerprint density at radius 1 is 1.08 bits per heavy atom. The van der Waals surface area contributed by atoms with E-state index >= 15 is 0 Å². The van der Waals surface area contributed by atoms with Gasteiger partial charge in [0.1, 0.15) is 5.65 Å². The van der Waals surface area contributed by atoms with Gasteiger partial charge in [-0.1, -0.05) is 36.4 Å². The Hall–Kier alpha value is -2.17. The predicted octanol–water partition coefficient (Wildman–Crippen LogP) is 3.14. The van der Waals surface area contributed by atoms with Gasteiger partial charge in [-0.05, 0) is 50.0 Å². The lowest BCUT2D eigenvalue weighted by Gasteiger charge is -2.41. The highest BCUT2D eigenvalue weighted by Crippen LogP contribution is 2.34. The van der Waals surface area contributed by atoms with Crippen LogP contribution in [-0.2, 0) is 12.0 Å². The maximum atomic E-state index is 6.21. The average molecular weight is 334 g/mol. The van der Waals surface area contributed by atoms with Crippen LogP contribution >= 0.6 is 0 Å². The molecule has 3 heterocycles. The summed E-state index contributed by atoms with van der Waals surface area (Å²) in [5.41, 5.74) is 11.3. The number of imidazole rings is 1. The SMILES string of the molecule is Cc1ccc2ncc(CN3CCC(CN)(c4ccccc4)CC3)n2c1. The van der Waals surface area contributed by atoms with E-state index in [9.17, 15) is 0 Å². The maximum Gasteiger partial charge on any atom is 0.136 e. The summed E-state index contributed by atoms with van der Waals surface area (Å²) in [4.78, 5) is 7.06. The average Bonchev–Trinajstić information content (AvgIpc) is 3.05. The fourth-order valence-electron chi connectivity index (χ4n) is 4.02. The molecule has 4 heteroatoms. The molecule has 0 spiro atoms. The molecule has 4 rings (SSSR count). The summed E-state index contributed by atoms with van der Waals surface area (Å²) >= 11 is 0. The topological polar surface area (TPSA) is 46.6 Å². The number of pyridine rings is 1. The van der Waals surface area contributed by atoms with Gasteiger partial charge in [-0.2, -0.15) is 0 Å². The van der Waals surface area contributed by atoms with E-state index in [0.29, 0.717) is 0 Å². The molecule has 1 saturated heterocycles. The van der Waals surface area contributed by atoms with E-state index < -0.39 is 0 Å². The fraction of sp³-hybridized carbons (Fsp3) is 0.381. The van der Waals surface area contributed by atoms with Crippen molar-refractivity contribution >= 4 is 5.65 Å². The quantitative estimate of drug-likeness (QED) is 0.797. The van der Waals surface area contributed by atoms with Crippen molar-refractivity contribution in [3.8, 4) is 0 Å². The van der Waals surface area contributed by atoms with Crippen molar-refractivity contribution in [3.05, 3.63) is 71.7 Å². The van der Waals surface area contributed by atoms with E-state index in [0.717, 1.165) is 44.7 Å².